The highest BCUT2D eigenvalue weighted by molar-refractivity contribution is 14.1. The molecule has 0 spiro atoms. The van der Waals surface area contributed by atoms with Crippen LogP contribution >= 0.6 is 54.5 Å². The lowest BCUT2D eigenvalue weighted by Gasteiger charge is -2.12. The average Bonchev–Trinajstić information content (AvgIpc) is 2.91. The van der Waals surface area contributed by atoms with Crippen LogP contribution < -0.4 is 14.9 Å². The zero-order chi connectivity index (χ0) is 16.8. The van der Waals surface area contributed by atoms with Crippen LogP contribution in [-0.2, 0) is 4.79 Å². The van der Waals surface area contributed by atoms with Crippen molar-refractivity contribution in [3.8, 4) is 11.5 Å². The molecule has 0 saturated carbocycles. The highest BCUT2D eigenvalue weighted by Gasteiger charge is 2.12. The van der Waals surface area contributed by atoms with Gasteiger partial charge in [-0.1, -0.05) is 15.9 Å². The van der Waals surface area contributed by atoms with E-state index >= 15 is 0 Å². The van der Waals surface area contributed by atoms with Crippen molar-refractivity contribution in [2.75, 3.05) is 13.7 Å². The normalized spacial score (nSPS) is 10.8. The van der Waals surface area contributed by atoms with Gasteiger partial charge in [0.15, 0.2) is 21.9 Å². The van der Waals surface area contributed by atoms with Gasteiger partial charge in [-0.15, -0.1) is 0 Å². The Kier molecular flexibility index (Phi) is 6.90. The van der Waals surface area contributed by atoms with E-state index in [1.165, 1.54) is 13.3 Å². The van der Waals surface area contributed by atoms with E-state index in [2.05, 4.69) is 42.4 Å². The number of halogens is 3. The first kappa shape index (κ1) is 18.3. The Morgan fingerprint density at radius 3 is 2.87 bits per heavy atom. The van der Waals surface area contributed by atoms with Crippen LogP contribution in [0.2, 0.25) is 0 Å². The van der Waals surface area contributed by atoms with Gasteiger partial charge in [0, 0.05) is 4.47 Å². The maximum atomic E-state index is 11.7. The minimum absolute atomic E-state index is 0.205. The second-order valence-electron chi connectivity index (χ2n) is 4.14. The zero-order valence-corrected chi connectivity index (χ0v) is 17.1. The van der Waals surface area contributed by atoms with E-state index in [-0.39, 0.29) is 6.61 Å². The number of nitrogens with one attached hydrogen (secondary N) is 1. The monoisotopic (exact) mass is 556 g/mol. The van der Waals surface area contributed by atoms with Gasteiger partial charge in [0.25, 0.3) is 5.91 Å². The highest BCUT2D eigenvalue weighted by Crippen LogP contribution is 2.38. The van der Waals surface area contributed by atoms with E-state index in [0.717, 1.165) is 8.24 Å². The minimum atomic E-state index is -0.403. The summed E-state index contributed by atoms with van der Waals surface area (Å²) in [6, 6.07) is 7.09. The van der Waals surface area contributed by atoms with E-state index in [1.54, 1.807) is 24.3 Å². The first-order valence-electron chi connectivity index (χ1n) is 6.22. The Hall–Kier alpha value is -1.07. The number of ether oxygens (including phenoxy) is 2. The van der Waals surface area contributed by atoms with Crippen molar-refractivity contribution < 1.29 is 18.7 Å². The molecule has 122 valence electrons. The molecule has 0 saturated heterocycles. The number of methoxy groups -OCH3 is 1. The van der Waals surface area contributed by atoms with E-state index in [9.17, 15) is 4.79 Å². The van der Waals surface area contributed by atoms with Crippen molar-refractivity contribution >= 4 is 66.6 Å². The smallest absolute Gasteiger partial charge is 0.277 e. The molecule has 2 rings (SSSR count). The second-order valence-corrected chi connectivity index (χ2v) is 6.98. The number of benzene rings is 1. The fourth-order valence-electron chi connectivity index (χ4n) is 1.56. The summed E-state index contributed by atoms with van der Waals surface area (Å²) in [5, 5.41) is 3.79. The van der Waals surface area contributed by atoms with Gasteiger partial charge < -0.3 is 13.9 Å². The van der Waals surface area contributed by atoms with Gasteiger partial charge in [0.1, 0.15) is 5.76 Å². The molecule has 1 N–H and O–H groups in total. The molecule has 0 aliphatic rings. The maximum Gasteiger partial charge on any atom is 0.277 e. The third kappa shape index (κ3) is 5.50. The number of hydrogen-bond donors (Lipinski definition) is 1. The lowest BCUT2D eigenvalue weighted by atomic mass is 10.3. The number of hydrogen-bond acceptors (Lipinski definition) is 5. The average molecular weight is 558 g/mol. The van der Waals surface area contributed by atoms with E-state index in [1.807, 2.05) is 22.6 Å². The second kappa shape index (κ2) is 8.69. The van der Waals surface area contributed by atoms with Crippen LogP contribution in [0.5, 0.6) is 11.5 Å². The van der Waals surface area contributed by atoms with E-state index in [0.29, 0.717) is 21.7 Å². The van der Waals surface area contributed by atoms with Crippen LogP contribution in [0, 0.1) is 3.77 Å². The van der Waals surface area contributed by atoms with Crippen molar-refractivity contribution in [1.29, 1.82) is 0 Å². The topological polar surface area (TPSA) is 73.1 Å². The quantitative estimate of drug-likeness (QED) is 0.332. The lowest BCUT2D eigenvalue weighted by molar-refractivity contribution is -0.123. The summed E-state index contributed by atoms with van der Waals surface area (Å²) in [6.07, 6.45) is 1.41. The number of rotatable bonds is 6. The van der Waals surface area contributed by atoms with Crippen LogP contribution in [0.25, 0.3) is 0 Å². The maximum absolute atomic E-state index is 11.7. The zero-order valence-electron chi connectivity index (χ0n) is 11.8. The molecule has 0 bridgehead atoms. The first-order chi connectivity index (χ1) is 11.0. The first-order valence-corrected chi connectivity index (χ1v) is 8.89. The molecule has 6 nitrogen and oxygen atoms in total. The third-order valence-corrected chi connectivity index (χ3v) is 4.14. The summed E-state index contributed by atoms with van der Waals surface area (Å²) >= 11 is 8.76. The van der Waals surface area contributed by atoms with Crippen LogP contribution in [-0.4, -0.2) is 25.8 Å². The van der Waals surface area contributed by atoms with Crippen molar-refractivity contribution in [2.24, 2.45) is 5.10 Å². The molecule has 1 heterocycles. The van der Waals surface area contributed by atoms with Gasteiger partial charge in [-0.05, 0) is 62.8 Å². The van der Waals surface area contributed by atoms with Crippen molar-refractivity contribution in [3.05, 3.63) is 42.7 Å². The molecule has 2 aromatic rings. The van der Waals surface area contributed by atoms with E-state index < -0.39 is 5.91 Å². The highest BCUT2D eigenvalue weighted by atomic mass is 127. The molecule has 0 radical (unpaired) electrons. The molecule has 0 aliphatic heterocycles. The fourth-order valence-corrected chi connectivity index (χ4v) is 3.30. The number of carbonyl (C=O) groups excluding carboxylic acids is 1. The molecule has 0 unspecified atom stereocenters. The largest absolute Gasteiger partial charge is 0.493 e. The number of amides is 1. The molecule has 0 atom stereocenters. The predicted molar refractivity (Wildman–Crippen MR) is 101 cm³/mol. The van der Waals surface area contributed by atoms with Crippen LogP contribution in [0.15, 0.2) is 42.7 Å². The fraction of sp³-hybridized carbons (Fsp3) is 0.143. The van der Waals surface area contributed by atoms with Crippen molar-refractivity contribution in [2.45, 2.75) is 0 Å². The van der Waals surface area contributed by atoms with Crippen molar-refractivity contribution in [1.82, 2.24) is 5.43 Å². The van der Waals surface area contributed by atoms with Gasteiger partial charge in [-0.3, -0.25) is 4.79 Å². The molecular formula is C14H11Br2IN2O4. The van der Waals surface area contributed by atoms with Crippen LogP contribution in [0.4, 0.5) is 0 Å². The standard InChI is InChI=1S/C14H11Br2IN2O4/c1-21-11-5-8(15)4-10(16)14(11)22-7-13(20)19-18-6-9-2-3-12(17)23-9/h2-6H,7H2,1H3,(H,19,20)/b18-6-. The van der Waals surface area contributed by atoms with Crippen LogP contribution in [0.3, 0.4) is 0 Å². The molecular weight excluding hydrogens is 547 g/mol. The lowest BCUT2D eigenvalue weighted by Crippen LogP contribution is -2.24. The summed E-state index contributed by atoms with van der Waals surface area (Å²) in [6.45, 7) is -0.205. The predicted octanol–water partition coefficient (Wildman–Crippen LogP) is 3.95. The number of carbonyl (C=O) groups is 1. The Labute approximate surface area is 163 Å². The summed E-state index contributed by atoms with van der Waals surface area (Å²) in [5.41, 5.74) is 2.36. The Morgan fingerprint density at radius 2 is 2.22 bits per heavy atom. The Bertz CT molecular complexity index is 734. The van der Waals surface area contributed by atoms with Gasteiger partial charge >= 0.3 is 0 Å². The molecule has 9 heteroatoms. The van der Waals surface area contributed by atoms with Gasteiger partial charge in [-0.2, -0.15) is 5.10 Å². The summed E-state index contributed by atoms with van der Waals surface area (Å²) in [4.78, 5) is 11.7. The molecule has 0 aliphatic carbocycles. The van der Waals surface area contributed by atoms with Crippen LogP contribution in [0.1, 0.15) is 5.76 Å². The van der Waals surface area contributed by atoms with E-state index in [4.69, 9.17) is 13.9 Å². The minimum Gasteiger partial charge on any atom is -0.493 e. The SMILES string of the molecule is COc1cc(Br)cc(Br)c1OCC(=O)N/N=C\c1ccc(I)o1. The number of furan rings is 1. The summed E-state index contributed by atoms with van der Waals surface area (Å²) in [5.74, 6) is 1.09. The summed E-state index contributed by atoms with van der Waals surface area (Å²) in [7, 11) is 1.52. The number of nitrogens with zero attached hydrogens (tertiary/aromatic N) is 1. The Balaban J connectivity index is 1.91. The molecule has 23 heavy (non-hydrogen) atoms. The number of hydrazone groups is 1. The van der Waals surface area contributed by atoms with Gasteiger partial charge in [0.05, 0.1) is 17.8 Å². The van der Waals surface area contributed by atoms with Gasteiger partial charge in [0.2, 0.25) is 0 Å². The molecule has 1 aromatic carbocycles. The Morgan fingerprint density at radius 1 is 1.43 bits per heavy atom. The third-order valence-electron chi connectivity index (χ3n) is 2.52. The molecule has 1 amide bonds. The molecule has 0 fully saturated rings. The van der Waals surface area contributed by atoms with Gasteiger partial charge in [-0.25, -0.2) is 5.43 Å². The summed E-state index contributed by atoms with van der Waals surface area (Å²) < 4.78 is 18.2. The van der Waals surface area contributed by atoms with Crippen molar-refractivity contribution in [3.63, 3.8) is 0 Å². The molecule has 1 aromatic heterocycles.